The van der Waals surface area contributed by atoms with E-state index in [-0.39, 0.29) is 0 Å². The third-order valence-electron chi connectivity index (χ3n) is 3.04. The molecule has 5 heteroatoms. The van der Waals surface area contributed by atoms with E-state index in [1.54, 1.807) is 0 Å². The summed E-state index contributed by atoms with van der Waals surface area (Å²) < 4.78 is 0. The van der Waals surface area contributed by atoms with Crippen LogP contribution < -0.4 is 11.1 Å². The fourth-order valence-electron chi connectivity index (χ4n) is 2.00. The van der Waals surface area contributed by atoms with Gasteiger partial charge >= 0.3 is 0 Å². The predicted molar refractivity (Wildman–Crippen MR) is 83.4 cm³/mol. The zero-order chi connectivity index (χ0) is 14.1. The van der Waals surface area contributed by atoms with E-state index in [2.05, 4.69) is 15.3 Å². The Morgan fingerprint density at radius 1 is 1.05 bits per heavy atom. The number of nitrogen functional groups attached to an aromatic ring is 1. The molecule has 0 saturated heterocycles. The van der Waals surface area contributed by atoms with Crippen LogP contribution in [0.2, 0.25) is 5.02 Å². The third kappa shape index (κ3) is 2.38. The predicted octanol–water partition coefficient (Wildman–Crippen LogP) is 3.92. The number of hydrogen-bond donors (Lipinski definition) is 2. The molecule has 0 aliphatic heterocycles. The number of nitrogens with two attached hydrogens (primary N) is 1. The zero-order valence-corrected chi connectivity index (χ0v) is 11.6. The number of halogens is 1. The summed E-state index contributed by atoms with van der Waals surface area (Å²) in [7, 11) is 0. The smallest absolute Gasteiger partial charge is 0.174 e. The lowest BCUT2D eigenvalue weighted by Crippen LogP contribution is -2.03. The van der Waals surface area contributed by atoms with Gasteiger partial charge in [-0.05, 0) is 42.8 Å². The van der Waals surface area contributed by atoms with Gasteiger partial charge in [0.05, 0.1) is 11.0 Å². The first-order valence-electron chi connectivity index (χ1n) is 6.19. The molecule has 2 aromatic carbocycles. The molecule has 20 heavy (non-hydrogen) atoms. The monoisotopic (exact) mass is 284 g/mol. The lowest BCUT2D eigenvalue weighted by molar-refractivity contribution is 1.28. The Bertz CT molecular complexity index is 786. The van der Waals surface area contributed by atoms with Gasteiger partial charge in [-0.25, -0.2) is 9.97 Å². The van der Waals surface area contributed by atoms with Crippen LogP contribution in [0.5, 0.6) is 0 Å². The zero-order valence-electron chi connectivity index (χ0n) is 10.9. The van der Waals surface area contributed by atoms with Crippen molar-refractivity contribution in [3.8, 4) is 0 Å². The molecular formula is C15H13ClN4. The maximum Gasteiger partial charge on any atom is 0.174 e. The molecule has 0 amide bonds. The summed E-state index contributed by atoms with van der Waals surface area (Å²) in [6.45, 7) is 1.97. The van der Waals surface area contributed by atoms with Gasteiger partial charge in [-0.1, -0.05) is 23.7 Å². The van der Waals surface area contributed by atoms with E-state index in [1.165, 1.54) is 0 Å². The standard InChI is InChI=1S/C15H13ClN4/c1-9-8-10(16)6-7-11(9)19-15-14(17)18-12-4-2-3-5-13(12)20-15/h2-8H,1H3,(H2,17,18)(H,19,20). The Balaban J connectivity index is 2.03. The summed E-state index contributed by atoms with van der Waals surface area (Å²) in [5.74, 6) is 0.923. The summed E-state index contributed by atoms with van der Waals surface area (Å²) in [5.41, 5.74) is 9.46. The number of hydrogen-bond acceptors (Lipinski definition) is 4. The number of nitrogens with one attached hydrogen (secondary N) is 1. The van der Waals surface area contributed by atoms with E-state index in [4.69, 9.17) is 17.3 Å². The normalized spacial score (nSPS) is 10.7. The first-order chi connectivity index (χ1) is 9.63. The number of benzene rings is 2. The lowest BCUT2D eigenvalue weighted by Gasteiger charge is -2.11. The van der Waals surface area contributed by atoms with Gasteiger partial charge in [-0.2, -0.15) is 0 Å². The Morgan fingerprint density at radius 2 is 1.75 bits per heavy atom. The van der Waals surface area contributed by atoms with Gasteiger partial charge in [0.15, 0.2) is 11.6 Å². The highest BCUT2D eigenvalue weighted by atomic mass is 35.5. The van der Waals surface area contributed by atoms with Crippen molar-refractivity contribution in [3.63, 3.8) is 0 Å². The second kappa shape index (κ2) is 4.98. The minimum atomic E-state index is 0.373. The van der Waals surface area contributed by atoms with Gasteiger partial charge in [-0.15, -0.1) is 0 Å². The Morgan fingerprint density at radius 3 is 2.45 bits per heavy atom. The molecule has 0 spiro atoms. The van der Waals surface area contributed by atoms with Gasteiger partial charge in [0.2, 0.25) is 0 Å². The van der Waals surface area contributed by atoms with E-state index in [0.717, 1.165) is 22.3 Å². The number of aryl methyl sites for hydroxylation is 1. The SMILES string of the molecule is Cc1cc(Cl)ccc1Nc1nc2ccccc2nc1N. The number of fused-ring (bicyclic) bond motifs is 1. The minimum absolute atomic E-state index is 0.373. The fraction of sp³-hybridized carbons (Fsp3) is 0.0667. The summed E-state index contributed by atoms with van der Waals surface area (Å²) >= 11 is 5.95. The highest BCUT2D eigenvalue weighted by Crippen LogP contribution is 2.26. The molecule has 0 unspecified atom stereocenters. The van der Waals surface area contributed by atoms with Crippen molar-refractivity contribution in [2.24, 2.45) is 0 Å². The second-order valence-electron chi connectivity index (χ2n) is 4.53. The molecule has 1 heterocycles. The van der Waals surface area contributed by atoms with E-state index in [1.807, 2.05) is 49.4 Å². The molecule has 0 fully saturated rings. The van der Waals surface area contributed by atoms with Crippen molar-refractivity contribution >= 4 is 40.0 Å². The molecule has 100 valence electrons. The number of anilines is 3. The van der Waals surface area contributed by atoms with Crippen molar-refractivity contribution in [3.05, 3.63) is 53.1 Å². The van der Waals surface area contributed by atoms with Crippen molar-refractivity contribution in [1.82, 2.24) is 9.97 Å². The topological polar surface area (TPSA) is 63.8 Å². The maximum atomic E-state index is 5.95. The summed E-state index contributed by atoms with van der Waals surface area (Å²) in [6, 6.07) is 13.2. The second-order valence-corrected chi connectivity index (χ2v) is 4.97. The van der Waals surface area contributed by atoms with Crippen LogP contribution >= 0.6 is 11.6 Å². The molecule has 4 nitrogen and oxygen atoms in total. The molecule has 1 aromatic heterocycles. The van der Waals surface area contributed by atoms with Gasteiger partial charge in [0.1, 0.15) is 0 Å². The van der Waals surface area contributed by atoms with Crippen molar-refractivity contribution in [2.75, 3.05) is 11.1 Å². The van der Waals surface area contributed by atoms with Crippen molar-refractivity contribution < 1.29 is 0 Å². The third-order valence-corrected chi connectivity index (χ3v) is 3.27. The first-order valence-corrected chi connectivity index (χ1v) is 6.57. The lowest BCUT2D eigenvalue weighted by atomic mass is 10.2. The molecule has 0 saturated carbocycles. The van der Waals surface area contributed by atoms with Crippen LogP contribution in [0.25, 0.3) is 11.0 Å². The molecule has 3 aromatic rings. The molecule has 0 radical (unpaired) electrons. The van der Waals surface area contributed by atoms with E-state index in [9.17, 15) is 0 Å². The Kier molecular flexibility index (Phi) is 3.16. The van der Waals surface area contributed by atoms with Crippen molar-refractivity contribution in [2.45, 2.75) is 6.92 Å². The van der Waals surface area contributed by atoms with Gasteiger partial charge in [0.25, 0.3) is 0 Å². The van der Waals surface area contributed by atoms with Crippen LogP contribution in [0.15, 0.2) is 42.5 Å². The largest absolute Gasteiger partial charge is 0.381 e. The highest BCUT2D eigenvalue weighted by Gasteiger charge is 2.07. The quantitative estimate of drug-likeness (QED) is 0.749. The van der Waals surface area contributed by atoms with Crippen LogP contribution in [0, 0.1) is 6.92 Å². The van der Waals surface area contributed by atoms with Crippen LogP contribution in [-0.2, 0) is 0 Å². The Hall–Kier alpha value is -2.33. The fourth-order valence-corrected chi connectivity index (χ4v) is 2.23. The van der Waals surface area contributed by atoms with Gasteiger partial charge in [-0.3, -0.25) is 0 Å². The minimum Gasteiger partial charge on any atom is -0.381 e. The Labute approximate surface area is 121 Å². The average molecular weight is 285 g/mol. The molecule has 0 aliphatic carbocycles. The number of nitrogens with zero attached hydrogens (tertiary/aromatic N) is 2. The van der Waals surface area contributed by atoms with Crippen LogP contribution in [0.4, 0.5) is 17.3 Å². The summed E-state index contributed by atoms with van der Waals surface area (Å²) in [6.07, 6.45) is 0. The van der Waals surface area contributed by atoms with Gasteiger partial charge in [0, 0.05) is 10.7 Å². The van der Waals surface area contributed by atoms with Crippen molar-refractivity contribution in [1.29, 1.82) is 0 Å². The number of para-hydroxylation sites is 2. The van der Waals surface area contributed by atoms with Gasteiger partial charge < -0.3 is 11.1 Å². The molecule has 0 aliphatic rings. The van der Waals surface area contributed by atoms with Crippen LogP contribution in [-0.4, -0.2) is 9.97 Å². The van der Waals surface area contributed by atoms with Crippen LogP contribution in [0.1, 0.15) is 5.56 Å². The van der Waals surface area contributed by atoms with E-state index < -0.39 is 0 Å². The van der Waals surface area contributed by atoms with E-state index in [0.29, 0.717) is 16.7 Å². The average Bonchev–Trinajstić information content (AvgIpc) is 2.42. The maximum absolute atomic E-state index is 5.95. The summed E-state index contributed by atoms with van der Waals surface area (Å²) in [5, 5.41) is 3.90. The molecular weight excluding hydrogens is 272 g/mol. The molecule has 3 N–H and O–H groups in total. The van der Waals surface area contributed by atoms with Crippen LogP contribution in [0.3, 0.4) is 0 Å². The number of rotatable bonds is 2. The molecule has 0 bridgehead atoms. The summed E-state index contributed by atoms with van der Waals surface area (Å²) in [4.78, 5) is 8.85. The number of aromatic nitrogens is 2. The first kappa shape index (κ1) is 12.7. The molecule has 0 atom stereocenters. The van der Waals surface area contributed by atoms with E-state index >= 15 is 0 Å². The molecule has 3 rings (SSSR count). The highest BCUT2D eigenvalue weighted by molar-refractivity contribution is 6.30.